The summed E-state index contributed by atoms with van der Waals surface area (Å²) in [6, 6.07) is 0. The van der Waals surface area contributed by atoms with Gasteiger partial charge >= 0.3 is 18.0 Å². The fourth-order valence-electron chi connectivity index (χ4n) is 8.98. The zero-order valence-electron chi connectivity index (χ0n) is 52.7. The SMILES string of the molecule is C=C/C=C(\C=C/C)NCCOC(=O)N(CCOC=C)CCOC(=O)CC(COC(=C)CCCCCCCC)COC(=O)CCCCCCCC.CCCCCCCCC(=O)COCC(CC)COC(CCCCCCCC)=C1CCC1. The van der Waals surface area contributed by atoms with Crippen molar-refractivity contribution in [1.82, 2.24) is 10.2 Å². The van der Waals surface area contributed by atoms with Crippen molar-refractivity contribution in [3.63, 3.8) is 0 Å². The molecular weight excluding hydrogens is 1020 g/mol. The maximum absolute atomic E-state index is 12.9. The first-order chi connectivity index (χ1) is 39.5. The minimum absolute atomic E-state index is 0.00292. The summed E-state index contributed by atoms with van der Waals surface area (Å²) in [5.74, 6) is 1.43. The Labute approximate surface area is 495 Å². The summed E-state index contributed by atoms with van der Waals surface area (Å²) < 4.78 is 39.7. The van der Waals surface area contributed by atoms with E-state index < -0.39 is 18.0 Å². The summed E-state index contributed by atoms with van der Waals surface area (Å²) in [4.78, 5) is 51.6. The third-order valence-electron chi connectivity index (χ3n) is 14.4. The van der Waals surface area contributed by atoms with Crippen LogP contribution in [-0.2, 0) is 47.5 Å². The highest BCUT2D eigenvalue weighted by molar-refractivity contribution is 5.79. The Morgan fingerprint density at radius 1 is 0.580 bits per heavy atom. The van der Waals surface area contributed by atoms with Gasteiger partial charge in [0.15, 0.2) is 5.78 Å². The second kappa shape index (κ2) is 57.3. The summed E-state index contributed by atoms with van der Waals surface area (Å²) in [7, 11) is 0. The van der Waals surface area contributed by atoms with Crippen LogP contribution in [0.4, 0.5) is 4.79 Å². The van der Waals surface area contributed by atoms with E-state index in [-0.39, 0.29) is 70.9 Å². The highest BCUT2D eigenvalue weighted by Gasteiger charge is 2.22. The van der Waals surface area contributed by atoms with Crippen LogP contribution < -0.4 is 5.32 Å². The van der Waals surface area contributed by atoms with Gasteiger partial charge in [-0.2, -0.15) is 0 Å². The van der Waals surface area contributed by atoms with Crippen LogP contribution in [0.5, 0.6) is 0 Å². The van der Waals surface area contributed by atoms with Crippen molar-refractivity contribution < 1.29 is 52.3 Å². The fraction of sp³-hybridized carbons (Fsp3) is 0.765. The zero-order valence-corrected chi connectivity index (χ0v) is 52.7. The normalized spacial score (nSPS) is 12.8. The lowest BCUT2D eigenvalue weighted by atomic mass is 9.90. The molecule has 1 fully saturated rings. The summed E-state index contributed by atoms with van der Waals surface area (Å²) in [6.45, 7) is 27.2. The van der Waals surface area contributed by atoms with Crippen LogP contribution in [0.2, 0.25) is 0 Å². The molecule has 2 unspecified atom stereocenters. The molecule has 1 rings (SSSR count). The molecule has 1 N–H and O–H groups in total. The van der Waals surface area contributed by atoms with Crippen LogP contribution in [0.15, 0.2) is 73.1 Å². The molecule has 0 radical (unpaired) electrons. The fourth-order valence-corrected chi connectivity index (χ4v) is 8.98. The minimum Gasteiger partial charge on any atom is -0.500 e. The Balaban J connectivity index is 0.00000176. The van der Waals surface area contributed by atoms with Crippen LogP contribution in [0.1, 0.15) is 253 Å². The Morgan fingerprint density at radius 2 is 1.12 bits per heavy atom. The van der Waals surface area contributed by atoms with Gasteiger partial charge in [-0.3, -0.25) is 14.4 Å². The summed E-state index contributed by atoms with van der Waals surface area (Å²) in [5, 5.41) is 3.17. The molecule has 0 aromatic heterocycles. The lowest BCUT2D eigenvalue weighted by Crippen LogP contribution is -2.38. The largest absolute Gasteiger partial charge is 0.500 e. The molecule has 2 atom stereocenters. The Kier molecular flexibility index (Phi) is 54.1. The molecule has 13 nitrogen and oxygen atoms in total. The van der Waals surface area contributed by atoms with E-state index in [1.807, 2.05) is 25.2 Å². The van der Waals surface area contributed by atoms with E-state index in [4.69, 9.17) is 33.2 Å². The van der Waals surface area contributed by atoms with Gasteiger partial charge in [0, 0.05) is 49.8 Å². The average molecular weight is 1140 g/mol. The molecule has 13 heteroatoms. The van der Waals surface area contributed by atoms with E-state index in [0.717, 1.165) is 70.1 Å². The van der Waals surface area contributed by atoms with Gasteiger partial charge in [0.05, 0.1) is 63.7 Å². The van der Waals surface area contributed by atoms with E-state index in [2.05, 4.69) is 59.7 Å². The van der Waals surface area contributed by atoms with Crippen molar-refractivity contribution in [3.8, 4) is 0 Å². The maximum Gasteiger partial charge on any atom is 0.410 e. The van der Waals surface area contributed by atoms with Crippen molar-refractivity contribution in [2.75, 3.05) is 72.5 Å². The van der Waals surface area contributed by atoms with Gasteiger partial charge in [-0.1, -0.05) is 195 Å². The lowest BCUT2D eigenvalue weighted by molar-refractivity contribution is -0.151. The van der Waals surface area contributed by atoms with Gasteiger partial charge in [0.2, 0.25) is 0 Å². The number of ether oxygens (including phenoxy) is 7. The van der Waals surface area contributed by atoms with Gasteiger partial charge in [-0.15, -0.1) is 0 Å². The third kappa shape index (κ3) is 47.7. The minimum atomic E-state index is -0.553. The molecule has 0 spiro atoms. The standard InChI is InChI=1S/C40H68N2O8.C28H52O3/c1-7-12-14-16-18-20-24-35(6)49-33-36(34-50-38(43)25-21-19-17-15-13-8-2)32-39(44)47-31-28-42(27-30-46-11-5)40(45)48-29-26-41-37(22-9-3)23-10-4;1-4-7-9-11-13-15-20-27(29)24-30-22-25(6-3)23-31-28(26-18-17-19-26)21-16-14-12-10-8-5-2/h9-11,22-23,36,41H,3,5-8,12-21,24-34H2,1-2,4H3;25H,4-24H2,1-3H3/b23-10-,37-22+;. The number of carbonyl (C=O) groups excluding carboxylic acids is 4. The number of amides is 1. The van der Waals surface area contributed by atoms with Crippen molar-refractivity contribution in [2.24, 2.45) is 11.8 Å². The summed E-state index contributed by atoms with van der Waals surface area (Å²) in [6.07, 6.45) is 44.5. The molecule has 0 aromatic rings. The molecule has 81 heavy (non-hydrogen) atoms. The number of Topliss-reactive ketones (excluding diaryl/α,β-unsaturated/α-hetero) is 1. The number of esters is 2. The molecule has 0 aromatic carbocycles. The average Bonchev–Trinajstić information content (AvgIpc) is 3.45. The van der Waals surface area contributed by atoms with E-state index in [0.29, 0.717) is 37.7 Å². The first kappa shape index (κ1) is 76.5. The molecule has 1 aliphatic carbocycles. The smallest absolute Gasteiger partial charge is 0.410 e. The van der Waals surface area contributed by atoms with Crippen molar-refractivity contribution in [3.05, 3.63) is 73.1 Å². The van der Waals surface area contributed by atoms with E-state index >= 15 is 0 Å². The van der Waals surface area contributed by atoms with Gasteiger partial charge in [-0.05, 0) is 76.0 Å². The Bertz CT molecular complexity index is 1650. The second-order valence-corrected chi connectivity index (χ2v) is 21.8. The van der Waals surface area contributed by atoms with E-state index in [1.54, 1.807) is 11.6 Å². The summed E-state index contributed by atoms with van der Waals surface area (Å²) in [5.41, 5.74) is 2.40. The Morgan fingerprint density at radius 3 is 1.68 bits per heavy atom. The predicted octanol–water partition coefficient (Wildman–Crippen LogP) is 17.5. The number of nitrogens with one attached hydrogen (secondary N) is 1. The van der Waals surface area contributed by atoms with E-state index in [1.165, 1.54) is 152 Å². The second-order valence-electron chi connectivity index (χ2n) is 21.8. The zero-order chi connectivity index (χ0) is 59.7. The topological polar surface area (TPSA) is 148 Å². The molecule has 1 aliphatic rings. The van der Waals surface area contributed by atoms with Gasteiger partial charge in [0.1, 0.15) is 26.4 Å². The molecule has 0 aliphatic heterocycles. The molecule has 0 bridgehead atoms. The predicted molar refractivity (Wildman–Crippen MR) is 334 cm³/mol. The van der Waals surface area contributed by atoms with Crippen molar-refractivity contribution in [1.29, 1.82) is 0 Å². The van der Waals surface area contributed by atoms with E-state index in [9.17, 15) is 19.2 Å². The Hall–Kier alpha value is -4.52. The van der Waals surface area contributed by atoms with Crippen molar-refractivity contribution >= 4 is 23.8 Å². The van der Waals surface area contributed by atoms with Crippen LogP contribution in [0.25, 0.3) is 0 Å². The van der Waals surface area contributed by atoms with Crippen LogP contribution in [0.3, 0.4) is 0 Å². The maximum atomic E-state index is 12.9. The van der Waals surface area contributed by atoms with Crippen LogP contribution in [0, 0.1) is 11.8 Å². The van der Waals surface area contributed by atoms with Gasteiger partial charge in [0.25, 0.3) is 0 Å². The van der Waals surface area contributed by atoms with Crippen LogP contribution in [-0.4, -0.2) is 101 Å². The third-order valence-corrected chi connectivity index (χ3v) is 14.4. The molecule has 0 saturated heterocycles. The highest BCUT2D eigenvalue weighted by Crippen LogP contribution is 2.32. The monoisotopic (exact) mass is 1140 g/mol. The number of nitrogens with zero attached hydrogens (tertiary/aromatic N) is 1. The first-order valence-electron chi connectivity index (χ1n) is 32.4. The first-order valence-corrected chi connectivity index (χ1v) is 32.4. The molecule has 468 valence electrons. The number of hydrogen-bond donors (Lipinski definition) is 1. The number of rotatable bonds is 56. The molecule has 0 heterocycles. The lowest BCUT2D eigenvalue weighted by Gasteiger charge is -2.24. The quantitative estimate of drug-likeness (QED) is 0.0203. The number of allylic oxidation sites excluding steroid dienone is 7. The number of unbranched alkanes of at least 4 members (excludes halogenated alkanes) is 20. The summed E-state index contributed by atoms with van der Waals surface area (Å²) >= 11 is 0. The van der Waals surface area contributed by atoms with Crippen molar-refractivity contribution in [2.45, 2.75) is 253 Å². The number of ketones is 1. The molecule has 1 saturated carbocycles. The number of hydrogen-bond acceptors (Lipinski definition) is 12. The highest BCUT2D eigenvalue weighted by atomic mass is 16.6. The van der Waals surface area contributed by atoms with Crippen LogP contribution >= 0.6 is 0 Å². The number of carbonyl (C=O) groups is 4. The molecular formula is C68H120N2O11. The van der Waals surface area contributed by atoms with Gasteiger partial charge in [-0.25, -0.2) is 4.79 Å². The van der Waals surface area contributed by atoms with Gasteiger partial charge < -0.3 is 43.4 Å². The molecule has 1 amide bonds.